The topological polar surface area (TPSA) is 75.7 Å². The zero-order valence-corrected chi connectivity index (χ0v) is 8.62. The molecule has 0 radical (unpaired) electrons. The highest BCUT2D eigenvalue weighted by Gasteiger charge is 2.22. The summed E-state index contributed by atoms with van der Waals surface area (Å²) in [5.74, 6) is -2.08. The van der Waals surface area contributed by atoms with Crippen molar-refractivity contribution in [3.8, 4) is 0 Å². The maximum absolute atomic E-state index is 11.4. The Bertz CT molecular complexity index is 271. The molecule has 0 aromatic carbocycles. The second-order valence-electron chi connectivity index (χ2n) is 3.30. The number of esters is 1. The zero-order valence-electron chi connectivity index (χ0n) is 8.62. The number of likely N-dealkylation sites (tertiary alicyclic amines) is 1. The summed E-state index contributed by atoms with van der Waals surface area (Å²) in [5.41, 5.74) is 0. The van der Waals surface area contributed by atoms with Crippen LogP contribution in [0.4, 0.5) is 4.79 Å². The fourth-order valence-corrected chi connectivity index (χ4v) is 1.42. The lowest BCUT2D eigenvalue weighted by molar-refractivity contribution is -0.152. The van der Waals surface area contributed by atoms with E-state index in [0.717, 1.165) is 26.4 Å². The normalized spacial score (nSPS) is 15.7. The van der Waals surface area contributed by atoms with E-state index >= 15 is 0 Å². The Balaban J connectivity index is 2.40. The van der Waals surface area contributed by atoms with Gasteiger partial charge in [0.25, 0.3) is 0 Å². The number of ether oxygens (including phenoxy) is 1. The van der Waals surface area contributed by atoms with E-state index in [2.05, 4.69) is 4.74 Å². The van der Waals surface area contributed by atoms with E-state index in [1.54, 1.807) is 0 Å². The van der Waals surface area contributed by atoms with Crippen molar-refractivity contribution >= 4 is 17.9 Å². The number of piperidine rings is 1. The quantitative estimate of drug-likeness (QED) is 0.450. The van der Waals surface area contributed by atoms with Crippen molar-refractivity contribution in [1.82, 2.24) is 10.2 Å². The second kappa shape index (κ2) is 5.33. The van der Waals surface area contributed by atoms with E-state index in [-0.39, 0.29) is 0 Å². The average Bonchev–Trinajstić information content (AvgIpc) is 2.29. The Morgan fingerprint density at radius 1 is 1.13 bits per heavy atom. The van der Waals surface area contributed by atoms with Crippen LogP contribution in [0.25, 0.3) is 0 Å². The summed E-state index contributed by atoms with van der Waals surface area (Å²) in [5, 5.41) is 1.97. The highest BCUT2D eigenvalue weighted by Crippen LogP contribution is 2.08. The van der Waals surface area contributed by atoms with Gasteiger partial charge in [0, 0.05) is 13.1 Å². The molecular formula is C9H14N2O4. The molecule has 15 heavy (non-hydrogen) atoms. The minimum atomic E-state index is -1.06. The molecule has 1 aliphatic heterocycles. The van der Waals surface area contributed by atoms with E-state index in [9.17, 15) is 14.4 Å². The lowest BCUT2D eigenvalue weighted by atomic mass is 10.1. The SMILES string of the molecule is COC(=O)C(=O)NC(=O)N1CCCCC1. The third kappa shape index (κ3) is 3.23. The van der Waals surface area contributed by atoms with Gasteiger partial charge in [0.2, 0.25) is 0 Å². The molecule has 3 amide bonds. The fraction of sp³-hybridized carbons (Fsp3) is 0.667. The molecule has 1 saturated heterocycles. The van der Waals surface area contributed by atoms with Crippen LogP contribution in [0.1, 0.15) is 19.3 Å². The van der Waals surface area contributed by atoms with E-state index in [4.69, 9.17) is 0 Å². The minimum Gasteiger partial charge on any atom is -0.462 e. The van der Waals surface area contributed by atoms with Crippen LogP contribution in [0, 0.1) is 0 Å². The molecule has 6 heteroatoms. The van der Waals surface area contributed by atoms with E-state index in [0.29, 0.717) is 13.1 Å². The molecular weight excluding hydrogens is 200 g/mol. The molecule has 1 aliphatic rings. The molecule has 6 nitrogen and oxygen atoms in total. The first-order chi connectivity index (χ1) is 7.15. The molecule has 0 bridgehead atoms. The van der Waals surface area contributed by atoms with Crippen LogP contribution < -0.4 is 5.32 Å². The third-order valence-corrected chi connectivity index (χ3v) is 2.23. The summed E-state index contributed by atoms with van der Waals surface area (Å²) in [6.07, 6.45) is 2.95. The molecule has 0 spiro atoms. The van der Waals surface area contributed by atoms with Gasteiger partial charge in [-0.15, -0.1) is 0 Å². The first-order valence-electron chi connectivity index (χ1n) is 4.83. The Labute approximate surface area is 87.6 Å². The predicted octanol–water partition coefficient (Wildman–Crippen LogP) is -0.119. The van der Waals surface area contributed by atoms with Crippen molar-refractivity contribution in [2.24, 2.45) is 0 Å². The van der Waals surface area contributed by atoms with Gasteiger partial charge in [-0.2, -0.15) is 0 Å². The molecule has 84 valence electrons. The first kappa shape index (κ1) is 11.5. The summed E-state index contributed by atoms with van der Waals surface area (Å²) in [6, 6.07) is -0.523. The lowest BCUT2D eigenvalue weighted by Gasteiger charge is -2.26. The maximum atomic E-state index is 11.4. The van der Waals surface area contributed by atoms with Gasteiger partial charge < -0.3 is 9.64 Å². The molecule has 0 unspecified atom stereocenters. The Kier molecular flexibility index (Phi) is 4.08. The number of amides is 3. The molecule has 0 aliphatic carbocycles. The van der Waals surface area contributed by atoms with Gasteiger partial charge in [-0.05, 0) is 19.3 Å². The van der Waals surface area contributed by atoms with Crippen LogP contribution in [-0.4, -0.2) is 43.0 Å². The van der Waals surface area contributed by atoms with Crippen LogP contribution in [0.2, 0.25) is 0 Å². The van der Waals surface area contributed by atoms with E-state index < -0.39 is 17.9 Å². The summed E-state index contributed by atoms with van der Waals surface area (Å²) in [6.45, 7) is 1.25. The lowest BCUT2D eigenvalue weighted by Crippen LogP contribution is -2.47. The van der Waals surface area contributed by atoms with E-state index in [1.165, 1.54) is 4.90 Å². The van der Waals surface area contributed by atoms with Crippen LogP contribution in [0.15, 0.2) is 0 Å². The number of urea groups is 1. The first-order valence-corrected chi connectivity index (χ1v) is 4.83. The molecule has 0 atom stereocenters. The van der Waals surface area contributed by atoms with Crippen LogP contribution >= 0.6 is 0 Å². The van der Waals surface area contributed by atoms with Crippen LogP contribution in [0.5, 0.6) is 0 Å². The predicted molar refractivity (Wildman–Crippen MR) is 51.0 cm³/mol. The minimum absolute atomic E-state index is 0.523. The number of carbonyl (C=O) groups is 3. The van der Waals surface area contributed by atoms with Gasteiger partial charge >= 0.3 is 17.9 Å². The smallest absolute Gasteiger partial charge is 0.397 e. The molecule has 1 heterocycles. The number of carbonyl (C=O) groups excluding carboxylic acids is 3. The number of hydrogen-bond donors (Lipinski definition) is 1. The van der Waals surface area contributed by atoms with Crippen LogP contribution in [0.3, 0.4) is 0 Å². The molecule has 1 fully saturated rings. The number of nitrogens with one attached hydrogen (secondary N) is 1. The van der Waals surface area contributed by atoms with Crippen molar-refractivity contribution < 1.29 is 19.1 Å². The molecule has 1 rings (SSSR count). The van der Waals surface area contributed by atoms with Gasteiger partial charge in [-0.1, -0.05) is 0 Å². The van der Waals surface area contributed by atoms with Crippen molar-refractivity contribution in [3.05, 3.63) is 0 Å². The van der Waals surface area contributed by atoms with Gasteiger partial charge in [0.15, 0.2) is 0 Å². The summed E-state index contributed by atoms with van der Waals surface area (Å²) in [4.78, 5) is 34.7. The van der Waals surface area contributed by atoms with Gasteiger partial charge in [-0.25, -0.2) is 9.59 Å². The van der Waals surface area contributed by atoms with Gasteiger partial charge in [0.1, 0.15) is 0 Å². The van der Waals surface area contributed by atoms with Crippen molar-refractivity contribution in [2.45, 2.75) is 19.3 Å². The van der Waals surface area contributed by atoms with Crippen LogP contribution in [-0.2, 0) is 14.3 Å². The average molecular weight is 214 g/mol. The summed E-state index contributed by atoms with van der Waals surface area (Å²) >= 11 is 0. The van der Waals surface area contributed by atoms with E-state index in [1.807, 2.05) is 5.32 Å². The van der Waals surface area contributed by atoms with Crippen molar-refractivity contribution in [3.63, 3.8) is 0 Å². The van der Waals surface area contributed by atoms with Gasteiger partial charge in [0.05, 0.1) is 7.11 Å². The maximum Gasteiger partial charge on any atom is 0.397 e. The van der Waals surface area contributed by atoms with Crippen molar-refractivity contribution in [1.29, 1.82) is 0 Å². The highest BCUT2D eigenvalue weighted by molar-refractivity contribution is 6.35. The third-order valence-electron chi connectivity index (χ3n) is 2.23. The monoisotopic (exact) mass is 214 g/mol. The number of nitrogens with zero attached hydrogens (tertiary/aromatic N) is 1. The molecule has 0 aromatic heterocycles. The largest absolute Gasteiger partial charge is 0.462 e. The molecule has 1 N–H and O–H groups in total. The number of hydrogen-bond acceptors (Lipinski definition) is 4. The summed E-state index contributed by atoms with van der Waals surface area (Å²) < 4.78 is 4.18. The highest BCUT2D eigenvalue weighted by atomic mass is 16.5. The fourth-order valence-electron chi connectivity index (χ4n) is 1.42. The Morgan fingerprint density at radius 3 is 2.27 bits per heavy atom. The molecule has 0 aromatic rings. The zero-order chi connectivity index (χ0) is 11.3. The number of methoxy groups -OCH3 is 1. The molecule has 0 saturated carbocycles. The summed E-state index contributed by atoms with van der Waals surface area (Å²) in [7, 11) is 1.09. The van der Waals surface area contributed by atoms with Gasteiger partial charge in [-0.3, -0.25) is 10.1 Å². The number of rotatable bonds is 0. The van der Waals surface area contributed by atoms with Crippen molar-refractivity contribution in [2.75, 3.05) is 20.2 Å². The Morgan fingerprint density at radius 2 is 1.73 bits per heavy atom. The Hall–Kier alpha value is -1.59. The standard InChI is InChI=1S/C9H14N2O4/c1-15-8(13)7(12)10-9(14)11-5-3-2-4-6-11/h2-6H2,1H3,(H,10,12,14). The second-order valence-corrected chi connectivity index (χ2v) is 3.30. The number of imide groups is 1.